The van der Waals surface area contributed by atoms with Gasteiger partial charge in [-0.25, -0.2) is 0 Å². The summed E-state index contributed by atoms with van der Waals surface area (Å²) >= 11 is 0. The number of ether oxygens (including phenoxy) is 2. The molecule has 1 saturated heterocycles. The lowest BCUT2D eigenvalue weighted by atomic mass is 10.1. The van der Waals surface area contributed by atoms with E-state index in [0.29, 0.717) is 18.0 Å². The molecular weight excluding hydrogens is 340 g/mol. The highest BCUT2D eigenvalue weighted by Crippen LogP contribution is 2.31. The maximum atomic E-state index is 12.7. The summed E-state index contributed by atoms with van der Waals surface area (Å²) in [5.41, 5.74) is 2.39. The van der Waals surface area contributed by atoms with Crippen LogP contribution in [0.2, 0.25) is 0 Å². The molecule has 2 aromatic rings. The normalized spacial score (nSPS) is 18.9. The van der Waals surface area contributed by atoms with Gasteiger partial charge in [0, 0.05) is 32.4 Å². The van der Waals surface area contributed by atoms with Crippen LogP contribution in [0.1, 0.15) is 24.8 Å². The van der Waals surface area contributed by atoms with Crippen molar-refractivity contribution < 1.29 is 14.3 Å². The van der Waals surface area contributed by atoms with Gasteiger partial charge < -0.3 is 19.3 Å². The van der Waals surface area contributed by atoms with Crippen LogP contribution in [-0.2, 0) is 11.3 Å². The first-order valence-electron chi connectivity index (χ1n) is 9.68. The van der Waals surface area contributed by atoms with Crippen molar-refractivity contribution in [2.45, 2.75) is 31.9 Å². The van der Waals surface area contributed by atoms with Crippen LogP contribution < -0.4 is 14.4 Å². The van der Waals surface area contributed by atoms with Crippen molar-refractivity contribution in [2.24, 2.45) is 0 Å². The molecular formula is C22H26N2O3. The van der Waals surface area contributed by atoms with Gasteiger partial charge in [0.25, 0.3) is 5.91 Å². The Hall–Kier alpha value is -2.69. The average Bonchev–Trinajstić information content (AvgIpc) is 2.74. The molecule has 0 saturated carbocycles. The fraction of sp³-hybridized carbons (Fsp3) is 0.409. The molecule has 1 amide bonds. The SMILES string of the molecule is CN(Cc1ccc(N2CCCCC2)cc1)C(=O)[C@H]1COc2ccccc2O1. The molecule has 5 nitrogen and oxygen atoms in total. The zero-order chi connectivity index (χ0) is 18.6. The fourth-order valence-electron chi connectivity index (χ4n) is 3.70. The van der Waals surface area contributed by atoms with Crippen LogP contribution in [0.15, 0.2) is 48.5 Å². The molecule has 0 unspecified atom stereocenters. The van der Waals surface area contributed by atoms with Gasteiger partial charge in [-0.3, -0.25) is 4.79 Å². The molecule has 0 radical (unpaired) electrons. The number of fused-ring (bicyclic) bond motifs is 1. The summed E-state index contributed by atoms with van der Waals surface area (Å²) in [4.78, 5) is 16.9. The van der Waals surface area contributed by atoms with E-state index in [-0.39, 0.29) is 12.5 Å². The van der Waals surface area contributed by atoms with Crippen molar-refractivity contribution in [3.8, 4) is 11.5 Å². The van der Waals surface area contributed by atoms with Gasteiger partial charge >= 0.3 is 0 Å². The number of benzene rings is 2. The number of anilines is 1. The summed E-state index contributed by atoms with van der Waals surface area (Å²) in [5.74, 6) is 1.25. The van der Waals surface area contributed by atoms with E-state index in [2.05, 4.69) is 29.2 Å². The lowest BCUT2D eigenvalue weighted by Crippen LogP contribution is -2.44. The number of hydrogen-bond donors (Lipinski definition) is 0. The number of amides is 1. The molecule has 0 N–H and O–H groups in total. The Labute approximate surface area is 160 Å². The summed E-state index contributed by atoms with van der Waals surface area (Å²) in [5, 5.41) is 0. The number of carbonyl (C=O) groups is 1. The monoisotopic (exact) mass is 366 g/mol. The minimum Gasteiger partial charge on any atom is -0.485 e. The van der Waals surface area contributed by atoms with Crippen LogP contribution >= 0.6 is 0 Å². The van der Waals surface area contributed by atoms with E-state index in [1.807, 2.05) is 31.3 Å². The maximum Gasteiger partial charge on any atom is 0.267 e. The van der Waals surface area contributed by atoms with Gasteiger partial charge in [0.1, 0.15) is 6.61 Å². The maximum absolute atomic E-state index is 12.7. The zero-order valence-electron chi connectivity index (χ0n) is 15.8. The van der Waals surface area contributed by atoms with Crippen molar-refractivity contribution in [2.75, 3.05) is 31.6 Å². The number of rotatable bonds is 4. The van der Waals surface area contributed by atoms with Gasteiger partial charge in [0.05, 0.1) is 0 Å². The van der Waals surface area contributed by atoms with E-state index in [1.54, 1.807) is 4.90 Å². The predicted octanol–water partition coefficient (Wildman–Crippen LogP) is 3.48. The third-order valence-corrected chi connectivity index (χ3v) is 5.24. The van der Waals surface area contributed by atoms with Crippen LogP contribution in [-0.4, -0.2) is 43.7 Å². The van der Waals surface area contributed by atoms with Crippen LogP contribution in [0, 0.1) is 0 Å². The Morgan fingerprint density at radius 1 is 1.04 bits per heavy atom. The molecule has 27 heavy (non-hydrogen) atoms. The third-order valence-electron chi connectivity index (χ3n) is 5.24. The van der Waals surface area contributed by atoms with Crippen molar-refractivity contribution >= 4 is 11.6 Å². The van der Waals surface area contributed by atoms with E-state index < -0.39 is 6.10 Å². The Morgan fingerprint density at radius 2 is 1.74 bits per heavy atom. The van der Waals surface area contributed by atoms with Crippen molar-refractivity contribution in [1.29, 1.82) is 0 Å². The van der Waals surface area contributed by atoms with Crippen LogP contribution in [0.25, 0.3) is 0 Å². The molecule has 142 valence electrons. The second-order valence-corrected chi connectivity index (χ2v) is 7.27. The van der Waals surface area contributed by atoms with Gasteiger partial charge in [0.2, 0.25) is 6.10 Å². The zero-order valence-corrected chi connectivity index (χ0v) is 15.8. The molecule has 1 atom stereocenters. The molecule has 0 spiro atoms. The quantitative estimate of drug-likeness (QED) is 0.831. The highest BCUT2D eigenvalue weighted by Gasteiger charge is 2.29. The topological polar surface area (TPSA) is 42.0 Å². The van der Waals surface area contributed by atoms with Gasteiger partial charge in [-0.15, -0.1) is 0 Å². The lowest BCUT2D eigenvalue weighted by molar-refractivity contribution is -0.140. The first-order valence-corrected chi connectivity index (χ1v) is 9.68. The molecule has 1 fully saturated rings. The summed E-state index contributed by atoms with van der Waals surface area (Å²) < 4.78 is 11.5. The molecule has 5 heteroatoms. The Kier molecular flexibility index (Phi) is 5.19. The van der Waals surface area contributed by atoms with Gasteiger partial charge in [0.15, 0.2) is 11.5 Å². The molecule has 0 aromatic heterocycles. The number of nitrogens with zero attached hydrogens (tertiary/aromatic N) is 2. The Bertz CT molecular complexity index is 784. The largest absolute Gasteiger partial charge is 0.485 e. The number of piperidine rings is 1. The molecule has 4 rings (SSSR count). The van der Waals surface area contributed by atoms with Crippen LogP contribution in [0.3, 0.4) is 0 Å². The second-order valence-electron chi connectivity index (χ2n) is 7.27. The number of carbonyl (C=O) groups excluding carboxylic acids is 1. The van der Waals surface area contributed by atoms with E-state index >= 15 is 0 Å². The molecule has 2 aliphatic heterocycles. The minimum absolute atomic E-state index is 0.0652. The predicted molar refractivity (Wildman–Crippen MR) is 105 cm³/mol. The average molecular weight is 366 g/mol. The minimum atomic E-state index is -0.600. The number of likely N-dealkylation sites (N-methyl/N-ethyl adjacent to an activating group) is 1. The van der Waals surface area contributed by atoms with Gasteiger partial charge in [-0.1, -0.05) is 24.3 Å². The van der Waals surface area contributed by atoms with Gasteiger partial charge in [-0.05, 0) is 49.1 Å². The summed E-state index contributed by atoms with van der Waals surface area (Å²) in [6, 6.07) is 16.0. The fourth-order valence-corrected chi connectivity index (χ4v) is 3.70. The van der Waals surface area contributed by atoms with E-state index in [0.717, 1.165) is 18.7 Å². The summed E-state index contributed by atoms with van der Waals surface area (Å²) in [6.45, 7) is 3.07. The Balaban J connectivity index is 1.36. The lowest BCUT2D eigenvalue weighted by Gasteiger charge is -2.30. The number of para-hydroxylation sites is 2. The number of hydrogen-bond acceptors (Lipinski definition) is 4. The second kappa shape index (κ2) is 7.91. The molecule has 2 aliphatic rings. The van der Waals surface area contributed by atoms with Crippen molar-refractivity contribution in [3.05, 3.63) is 54.1 Å². The third kappa shape index (κ3) is 4.02. The molecule has 0 bridgehead atoms. The van der Waals surface area contributed by atoms with Crippen molar-refractivity contribution in [1.82, 2.24) is 4.90 Å². The van der Waals surface area contributed by atoms with E-state index in [4.69, 9.17) is 9.47 Å². The summed E-state index contributed by atoms with van der Waals surface area (Å²) in [6.07, 6.45) is 3.27. The first-order chi connectivity index (χ1) is 13.2. The first kappa shape index (κ1) is 17.7. The summed E-state index contributed by atoms with van der Waals surface area (Å²) in [7, 11) is 1.81. The standard InChI is InChI=1S/C22H26N2O3/c1-23(22(25)21-16-26-19-7-3-4-8-20(19)27-21)15-17-9-11-18(12-10-17)24-13-5-2-6-14-24/h3-4,7-12,21H,2,5-6,13-16H2,1H3/t21-/m1/s1. The van der Waals surface area contributed by atoms with Crippen molar-refractivity contribution in [3.63, 3.8) is 0 Å². The van der Waals surface area contributed by atoms with E-state index in [1.165, 1.54) is 24.9 Å². The Morgan fingerprint density at radius 3 is 2.48 bits per heavy atom. The van der Waals surface area contributed by atoms with Crippen LogP contribution in [0.5, 0.6) is 11.5 Å². The highest BCUT2D eigenvalue weighted by molar-refractivity contribution is 5.81. The van der Waals surface area contributed by atoms with Gasteiger partial charge in [-0.2, -0.15) is 0 Å². The van der Waals surface area contributed by atoms with E-state index in [9.17, 15) is 4.79 Å². The highest BCUT2D eigenvalue weighted by atomic mass is 16.6. The molecule has 2 heterocycles. The smallest absolute Gasteiger partial charge is 0.267 e. The van der Waals surface area contributed by atoms with Crippen LogP contribution in [0.4, 0.5) is 5.69 Å². The molecule has 2 aromatic carbocycles. The molecule has 0 aliphatic carbocycles.